The number of rotatable bonds is 6. The molecule has 144 valence electrons. The fourth-order valence-electron chi connectivity index (χ4n) is 3.56. The Morgan fingerprint density at radius 1 is 1.35 bits per heavy atom. The monoisotopic (exact) mass is 362 g/mol. The standard InChI is InChI=1S/C19H30N4O3/c1-14(2)3-4-18(24)22-12-16-5-8-21-23(16)17(13-22)19(25)20-11-15-6-9-26-10-7-15/h5,8,14-15,17H,3-4,6-7,9-13H2,1-2H3,(H,20,25)/t17-/m0/s1. The first kappa shape index (κ1) is 18.9. The van der Waals surface area contributed by atoms with Gasteiger partial charge in [0.15, 0.2) is 0 Å². The largest absolute Gasteiger partial charge is 0.381 e. The van der Waals surface area contributed by atoms with Crippen LogP contribution >= 0.6 is 0 Å². The van der Waals surface area contributed by atoms with Gasteiger partial charge in [-0.05, 0) is 37.2 Å². The normalized spacial score (nSPS) is 20.9. The van der Waals surface area contributed by atoms with Gasteiger partial charge in [-0.15, -0.1) is 0 Å². The molecule has 0 aromatic carbocycles. The molecule has 0 bridgehead atoms. The van der Waals surface area contributed by atoms with Gasteiger partial charge in [0.25, 0.3) is 0 Å². The molecule has 1 atom stereocenters. The highest BCUT2D eigenvalue weighted by atomic mass is 16.5. The molecule has 7 nitrogen and oxygen atoms in total. The highest BCUT2D eigenvalue weighted by Crippen LogP contribution is 2.22. The molecule has 3 rings (SSSR count). The van der Waals surface area contributed by atoms with Crippen LogP contribution in [0.2, 0.25) is 0 Å². The number of nitrogens with one attached hydrogen (secondary N) is 1. The zero-order valence-corrected chi connectivity index (χ0v) is 15.8. The third-order valence-corrected chi connectivity index (χ3v) is 5.29. The Bertz CT molecular complexity index is 622. The lowest BCUT2D eigenvalue weighted by molar-refractivity contribution is -0.135. The van der Waals surface area contributed by atoms with Crippen LogP contribution in [0, 0.1) is 11.8 Å². The average Bonchev–Trinajstić information content (AvgIpc) is 3.12. The summed E-state index contributed by atoms with van der Waals surface area (Å²) in [5, 5.41) is 7.39. The van der Waals surface area contributed by atoms with Gasteiger partial charge in [0.05, 0.1) is 18.8 Å². The molecule has 0 aliphatic carbocycles. The van der Waals surface area contributed by atoms with Crippen molar-refractivity contribution in [1.29, 1.82) is 0 Å². The molecule has 7 heteroatoms. The summed E-state index contributed by atoms with van der Waals surface area (Å²) < 4.78 is 7.14. The molecular formula is C19H30N4O3. The van der Waals surface area contributed by atoms with E-state index in [9.17, 15) is 9.59 Å². The molecule has 2 aliphatic rings. The molecule has 3 heterocycles. The lowest BCUT2D eigenvalue weighted by atomic mass is 10.0. The van der Waals surface area contributed by atoms with E-state index in [0.29, 0.717) is 37.9 Å². The summed E-state index contributed by atoms with van der Waals surface area (Å²) in [6.45, 7) is 7.36. The third kappa shape index (κ3) is 4.63. The summed E-state index contributed by atoms with van der Waals surface area (Å²) >= 11 is 0. The molecule has 0 radical (unpaired) electrons. The van der Waals surface area contributed by atoms with Crippen molar-refractivity contribution >= 4 is 11.8 Å². The first-order valence-electron chi connectivity index (χ1n) is 9.70. The number of nitrogens with zero attached hydrogens (tertiary/aromatic N) is 3. The fraction of sp³-hybridized carbons (Fsp3) is 0.737. The lowest BCUT2D eigenvalue weighted by Crippen LogP contribution is -2.47. The van der Waals surface area contributed by atoms with Gasteiger partial charge in [-0.25, -0.2) is 0 Å². The summed E-state index contributed by atoms with van der Waals surface area (Å²) in [6, 6.07) is 1.44. The van der Waals surface area contributed by atoms with Gasteiger partial charge >= 0.3 is 0 Å². The van der Waals surface area contributed by atoms with E-state index in [1.165, 1.54) is 0 Å². The minimum atomic E-state index is -0.448. The molecule has 0 unspecified atom stereocenters. The maximum Gasteiger partial charge on any atom is 0.246 e. The van der Waals surface area contributed by atoms with Gasteiger partial charge < -0.3 is 15.0 Å². The smallest absolute Gasteiger partial charge is 0.246 e. The fourth-order valence-corrected chi connectivity index (χ4v) is 3.56. The molecular weight excluding hydrogens is 332 g/mol. The Hall–Kier alpha value is -1.89. The lowest BCUT2D eigenvalue weighted by Gasteiger charge is -2.33. The Morgan fingerprint density at radius 2 is 2.12 bits per heavy atom. The van der Waals surface area contributed by atoms with E-state index in [-0.39, 0.29) is 11.8 Å². The van der Waals surface area contributed by atoms with Crippen molar-refractivity contribution in [3.8, 4) is 0 Å². The van der Waals surface area contributed by atoms with Crippen molar-refractivity contribution < 1.29 is 14.3 Å². The number of aromatic nitrogens is 2. The summed E-state index contributed by atoms with van der Waals surface area (Å²) in [5.74, 6) is 1.03. The number of carbonyl (C=O) groups is 2. The van der Waals surface area contributed by atoms with Crippen LogP contribution < -0.4 is 5.32 Å². The zero-order chi connectivity index (χ0) is 18.5. The molecule has 0 saturated carbocycles. The van der Waals surface area contributed by atoms with Crippen LogP contribution in [-0.4, -0.2) is 52.8 Å². The van der Waals surface area contributed by atoms with E-state index < -0.39 is 6.04 Å². The van der Waals surface area contributed by atoms with Crippen LogP contribution in [0.15, 0.2) is 12.3 Å². The molecule has 1 saturated heterocycles. The van der Waals surface area contributed by atoms with Crippen LogP contribution in [-0.2, 0) is 20.9 Å². The van der Waals surface area contributed by atoms with Crippen molar-refractivity contribution in [2.75, 3.05) is 26.3 Å². The number of hydrogen-bond acceptors (Lipinski definition) is 4. The van der Waals surface area contributed by atoms with Crippen molar-refractivity contribution in [3.05, 3.63) is 18.0 Å². The predicted octanol–water partition coefficient (Wildman–Crippen LogP) is 1.75. The third-order valence-electron chi connectivity index (χ3n) is 5.29. The predicted molar refractivity (Wildman–Crippen MR) is 97.3 cm³/mol. The topological polar surface area (TPSA) is 76.5 Å². The van der Waals surface area contributed by atoms with E-state index in [2.05, 4.69) is 24.3 Å². The number of fused-ring (bicyclic) bond motifs is 1. The van der Waals surface area contributed by atoms with E-state index in [4.69, 9.17) is 4.74 Å². The van der Waals surface area contributed by atoms with Crippen LogP contribution in [0.5, 0.6) is 0 Å². The minimum Gasteiger partial charge on any atom is -0.381 e. The molecule has 1 fully saturated rings. The molecule has 1 aromatic heterocycles. The Balaban J connectivity index is 1.61. The van der Waals surface area contributed by atoms with Crippen molar-refractivity contribution in [2.45, 2.75) is 52.1 Å². The Morgan fingerprint density at radius 3 is 2.85 bits per heavy atom. The minimum absolute atomic E-state index is 0.0530. The molecule has 26 heavy (non-hydrogen) atoms. The van der Waals surface area contributed by atoms with Crippen LogP contribution in [0.25, 0.3) is 0 Å². The summed E-state index contributed by atoms with van der Waals surface area (Å²) in [4.78, 5) is 27.2. The van der Waals surface area contributed by atoms with E-state index in [0.717, 1.165) is 38.2 Å². The SMILES string of the molecule is CC(C)CCC(=O)N1Cc2ccnn2[C@H](C(=O)NCC2CCOCC2)C1. The quantitative estimate of drug-likeness (QED) is 0.836. The first-order chi connectivity index (χ1) is 12.5. The van der Waals surface area contributed by atoms with Gasteiger partial charge in [-0.1, -0.05) is 13.8 Å². The van der Waals surface area contributed by atoms with Gasteiger partial charge in [0, 0.05) is 32.4 Å². The number of ether oxygens (including phenoxy) is 1. The highest BCUT2D eigenvalue weighted by molar-refractivity contribution is 5.82. The first-order valence-corrected chi connectivity index (χ1v) is 9.70. The van der Waals surface area contributed by atoms with Gasteiger partial charge in [-0.3, -0.25) is 14.3 Å². The molecule has 1 aromatic rings. The van der Waals surface area contributed by atoms with E-state index in [1.54, 1.807) is 15.8 Å². The summed E-state index contributed by atoms with van der Waals surface area (Å²) in [7, 11) is 0. The van der Waals surface area contributed by atoms with Crippen molar-refractivity contribution in [1.82, 2.24) is 20.0 Å². The van der Waals surface area contributed by atoms with Gasteiger partial charge in [-0.2, -0.15) is 5.10 Å². The highest BCUT2D eigenvalue weighted by Gasteiger charge is 2.33. The maximum atomic E-state index is 12.8. The van der Waals surface area contributed by atoms with E-state index in [1.807, 2.05) is 6.07 Å². The number of carbonyl (C=O) groups excluding carboxylic acids is 2. The molecule has 2 amide bonds. The zero-order valence-electron chi connectivity index (χ0n) is 15.8. The second kappa shape index (κ2) is 8.66. The van der Waals surface area contributed by atoms with Crippen LogP contribution in [0.3, 0.4) is 0 Å². The number of amides is 2. The molecule has 2 aliphatic heterocycles. The number of hydrogen-bond donors (Lipinski definition) is 1. The second-order valence-corrected chi connectivity index (χ2v) is 7.79. The van der Waals surface area contributed by atoms with Crippen molar-refractivity contribution in [2.24, 2.45) is 11.8 Å². The van der Waals surface area contributed by atoms with E-state index >= 15 is 0 Å². The Kier molecular flexibility index (Phi) is 6.29. The molecule has 0 spiro atoms. The second-order valence-electron chi connectivity index (χ2n) is 7.79. The van der Waals surface area contributed by atoms with Gasteiger partial charge in [0.1, 0.15) is 6.04 Å². The maximum absolute atomic E-state index is 12.8. The van der Waals surface area contributed by atoms with Crippen LogP contribution in [0.1, 0.15) is 51.3 Å². The summed E-state index contributed by atoms with van der Waals surface area (Å²) in [6.07, 6.45) is 5.07. The van der Waals surface area contributed by atoms with Crippen molar-refractivity contribution in [3.63, 3.8) is 0 Å². The molecule has 1 N–H and O–H groups in total. The van der Waals surface area contributed by atoms with Gasteiger partial charge in [0.2, 0.25) is 11.8 Å². The van der Waals surface area contributed by atoms with Crippen LogP contribution in [0.4, 0.5) is 0 Å². The Labute approximate surface area is 155 Å². The summed E-state index contributed by atoms with van der Waals surface area (Å²) in [5.41, 5.74) is 0.917. The average molecular weight is 362 g/mol.